The topological polar surface area (TPSA) is 88.1 Å². The van der Waals surface area contributed by atoms with Crippen molar-refractivity contribution in [3.63, 3.8) is 0 Å². The molecule has 4 atom stereocenters. The molecule has 0 N–H and O–H groups in total. The maximum atomic E-state index is 12.9. The van der Waals surface area contributed by atoms with Crippen LogP contribution in [0.1, 0.15) is 27.2 Å². The first-order chi connectivity index (χ1) is 10.0. The lowest BCUT2D eigenvalue weighted by atomic mass is 10.1. The number of halogens is 3. The van der Waals surface area contributed by atoms with Crippen LogP contribution in [0.3, 0.4) is 0 Å². The number of ether oxygens (including phenoxy) is 4. The van der Waals surface area contributed by atoms with Gasteiger partial charge in [0.1, 0.15) is 6.10 Å². The van der Waals surface area contributed by atoms with Crippen molar-refractivity contribution in [2.75, 3.05) is 0 Å². The summed E-state index contributed by atoms with van der Waals surface area (Å²) >= 11 is 0. The Hall–Kier alpha value is -1.84. The van der Waals surface area contributed by atoms with Gasteiger partial charge >= 0.3 is 24.1 Å². The van der Waals surface area contributed by atoms with Crippen LogP contribution in [0.4, 0.5) is 13.2 Å². The van der Waals surface area contributed by atoms with Gasteiger partial charge in [-0.2, -0.15) is 13.2 Å². The Balaban J connectivity index is 2.91. The fourth-order valence-corrected chi connectivity index (χ4v) is 1.97. The molecule has 1 aliphatic rings. The molecule has 1 saturated heterocycles. The second-order valence-corrected chi connectivity index (χ2v) is 4.61. The first-order valence-corrected chi connectivity index (χ1v) is 6.24. The summed E-state index contributed by atoms with van der Waals surface area (Å²) in [6.07, 6.45) is -12.2. The molecule has 0 spiro atoms. The molecular weight excluding hydrogens is 313 g/mol. The third kappa shape index (κ3) is 5.17. The number of hydrogen-bond acceptors (Lipinski definition) is 7. The van der Waals surface area contributed by atoms with E-state index in [4.69, 9.17) is 9.47 Å². The van der Waals surface area contributed by atoms with Gasteiger partial charge in [-0.25, -0.2) is 0 Å². The van der Waals surface area contributed by atoms with E-state index in [-0.39, 0.29) is 0 Å². The molecule has 10 heteroatoms. The molecule has 1 rings (SSSR count). The molecule has 22 heavy (non-hydrogen) atoms. The van der Waals surface area contributed by atoms with Crippen LogP contribution in [0.5, 0.6) is 0 Å². The van der Waals surface area contributed by atoms with E-state index in [1.807, 2.05) is 0 Å². The van der Waals surface area contributed by atoms with Crippen molar-refractivity contribution < 1.29 is 46.5 Å². The van der Waals surface area contributed by atoms with Gasteiger partial charge in [-0.1, -0.05) is 0 Å². The predicted octanol–water partition coefficient (Wildman–Crippen LogP) is 1.09. The van der Waals surface area contributed by atoms with Crippen LogP contribution in [0.25, 0.3) is 0 Å². The summed E-state index contributed by atoms with van der Waals surface area (Å²) in [5.41, 5.74) is 0. The van der Waals surface area contributed by atoms with Crippen molar-refractivity contribution in [3.05, 3.63) is 0 Å². The largest absolute Gasteiger partial charge is 0.456 e. The van der Waals surface area contributed by atoms with Crippen LogP contribution in [0, 0.1) is 0 Å². The van der Waals surface area contributed by atoms with E-state index in [2.05, 4.69) is 9.47 Å². The van der Waals surface area contributed by atoms with Crippen molar-refractivity contribution in [1.29, 1.82) is 0 Å². The van der Waals surface area contributed by atoms with Crippen molar-refractivity contribution >= 4 is 17.9 Å². The standard InChI is InChI=1S/C12H15F3O7/c1-5(16)19-9-4-8(22-11(9)21-7(3)18)10(12(13,14)15)20-6(2)17/h8-11H,4H2,1-3H3/t8-,9+,10+,11+/m0/s1. The van der Waals surface area contributed by atoms with Crippen molar-refractivity contribution in [2.24, 2.45) is 0 Å². The predicted molar refractivity (Wildman–Crippen MR) is 62.2 cm³/mol. The minimum Gasteiger partial charge on any atom is -0.456 e. The van der Waals surface area contributed by atoms with Gasteiger partial charge in [-0.15, -0.1) is 0 Å². The van der Waals surface area contributed by atoms with Gasteiger partial charge in [-0.3, -0.25) is 14.4 Å². The fourth-order valence-electron chi connectivity index (χ4n) is 1.97. The first-order valence-electron chi connectivity index (χ1n) is 6.24. The highest BCUT2D eigenvalue weighted by atomic mass is 19.4. The number of esters is 3. The van der Waals surface area contributed by atoms with Gasteiger partial charge in [-0.05, 0) is 0 Å². The summed E-state index contributed by atoms with van der Waals surface area (Å²) in [6, 6.07) is 0. The monoisotopic (exact) mass is 328 g/mol. The van der Waals surface area contributed by atoms with Crippen molar-refractivity contribution in [2.45, 2.75) is 58.0 Å². The minimum absolute atomic E-state index is 0.436. The molecule has 0 aromatic carbocycles. The molecule has 1 heterocycles. The molecule has 0 bridgehead atoms. The second-order valence-electron chi connectivity index (χ2n) is 4.61. The Morgan fingerprint density at radius 2 is 1.59 bits per heavy atom. The summed E-state index contributed by atoms with van der Waals surface area (Å²) in [6.45, 7) is 2.89. The van der Waals surface area contributed by atoms with E-state index in [0.717, 1.165) is 20.8 Å². The van der Waals surface area contributed by atoms with E-state index in [9.17, 15) is 27.6 Å². The highest BCUT2D eigenvalue weighted by Crippen LogP contribution is 2.35. The van der Waals surface area contributed by atoms with Crippen LogP contribution in [-0.4, -0.2) is 48.7 Å². The van der Waals surface area contributed by atoms with Crippen molar-refractivity contribution in [1.82, 2.24) is 0 Å². The molecule has 0 aromatic heterocycles. The minimum atomic E-state index is -4.89. The first kappa shape index (κ1) is 18.2. The highest BCUT2D eigenvalue weighted by Gasteiger charge is 2.54. The molecule has 1 aliphatic heterocycles. The number of alkyl halides is 3. The van der Waals surface area contributed by atoms with E-state index >= 15 is 0 Å². The van der Waals surface area contributed by atoms with E-state index < -0.39 is 55.1 Å². The smallest absolute Gasteiger partial charge is 0.428 e. The number of carbonyl (C=O) groups excluding carboxylic acids is 3. The molecule has 1 fully saturated rings. The lowest BCUT2D eigenvalue weighted by Gasteiger charge is -2.24. The maximum Gasteiger partial charge on any atom is 0.428 e. The van der Waals surface area contributed by atoms with Gasteiger partial charge in [0.05, 0.1) is 0 Å². The zero-order valence-corrected chi connectivity index (χ0v) is 12.0. The highest BCUT2D eigenvalue weighted by molar-refractivity contribution is 5.67. The summed E-state index contributed by atoms with van der Waals surface area (Å²) in [7, 11) is 0. The SMILES string of the molecule is CC(=O)O[C@@H]1O[C@H]([C@@H](OC(C)=O)C(F)(F)F)C[C@H]1OC(C)=O. The van der Waals surface area contributed by atoms with Crippen LogP contribution < -0.4 is 0 Å². The second kappa shape index (κ2) is 6.95. The molecule has 0 saturated carbocycles. The Labute approximate surface area is 123 Å². The third-order valence-electron chi connectivity index (χ3n) is 2.63. The average Bonchev–Trinajstić information content (AvgIpc) is 2.65. The van der Waals surface area contributed by atoms with Crippen LogP contribution >= 0.6 is 0 Å². The zero-order valence-electron chi connectivity index (χ0n) is 12.0. The lowest BCUT2D eigenvalue weighted by molar-refractivity contribution is -0.256. The molecule has 126 valence electrons. The van der Waals surface area contributed by atoms with Gasteiger partial charge in [0.15, 0.2) is 6.10 Å². The van der Waals surface area contributed by atoms with E-state index in [1.165, 1.54) is 0 Å². The van der Waals surface area contributed by atoms with Crippen LogP contribution in [0.15, 0.2) is 0 Å². The van der Waals surface area contributed by atoms with Crippen LogP contribution in [0.2, 0.25) is 0 Å². The zero-order chi connectivity index (χ0) is 17.1. The Bertz CT molecular complexity index is 424. The maximum absolute atomic E-state index is 12.9. The quantitative estimate of drug-likeness (QED) is 0.564. The van der Waals surface area contributed by atoms with Gasteiger partial charge in [0.25, 0.3) is 0 Å². The molecule has 0 amide bonds. The summed E-state index contributed by atoms with van der Waals surface area (Å²) in [5, 5.41) is 0. The van der Waals surface area contributed by atoms with Crippen LogP contribution in [-0.2, 0) is 33.3 Å². The number of hydrogen-bond donors (Lipinski definition) is 0. The summed E-state index contributed by atoms with van der Waals surface area (Å²) in [5.74, 6) is -2.74. The summed E-state index contributed by atoms with van der Waals surface area (Å²) < 4.78 is 57.5. The number of rotatable bonds is 4. The third-order valence-corrected chi connectivity index (χ3v) is 2.63. The molecule has 0 aromatic rings. The average molecular weight is 328 g/mol. The molecule has 0 unspecified atom stereocenters. The molecular formula is C12H15F3O7. The Morgan fingerprint density at radius 1 is 1.05 bits per heavy atom. The molecule has 0 radical (unpaired) electrons. The Kier molecular flexibility index (Phi) is 5.75. The molecule has 0 aliphatic carbocycles. The van der Waals surface area contributed by atoms with Gasteiger partial charge in [0, 0.05) is 27.2 Å². The number of carbonyl (C=O) groups is 3. The van der Waals surface area contributed by atoms with Gasteiger partial charge in [0.2, 0.25) is 12.4 Å². The lowest BCUT2D eigenvalue weighted by Crippen LogP contribution is -2.43. The van der Waals surface area contributed by atoms with Gasteiger partial charge < -0.3 is 18.9 Å². The normalized spacial score (nSPS) is 26.2. The van der Waals surface area contributed by atoms with E-state index in [0.29, 0.717) is 0 Å². The Morgan fingerprint density at radius 3 is 2.00 bits per heavy atom. The summed E-state index contributed by atoms with van der Waals surface area (Å²) in [4.78, 5) is 32.7. The fraction of sp³-hybridized carbons (Fsp3) is 0.750. The van der Waals surface area contributed by atoms with Crippen molar-refractivity contribution in [3.8, 4) is 0 Å². The van der Waals surface area contributed by atoms with E-state index in [1.54, 1.807) is 0 Å². The molecule has 7 nitrogen and oxygen atoms in total.